The molecule has 0 radical (unpaired) electrons. The van der Waals surface area contributed by atoms with Gasteiger partial charge in [0.25, 0.3) is 11.8 Å². The second kappa shape index (κ2) is 9.78. The van der Waals surface area contributed by atoms with E-state index >= 15 is 0 Å². The fourth-order valence-electron chi connectivity index (χ4n) is 4.33. The maximum absolute atomic E-state index is 13.3. The molecular formula is C25H26N6O3. The maximum Gasteiger partial charge on any atom is 0.259 e. The molecule has 0 aliphatic carbocycles. The first-order chi connectivity index (χ1) is 16.7. The highest BCUT2D eigenvalue weighted by atomic mass is 16.3. The molecule has 9 heteroatoms. The average molecular weight is 459 g/mol. The summed E-state index contributed by atoms with van der Waals surface area (Å²) in [7, 11) is 0. The second-order valence-corrected chi connectivity index (χ2v) is 8.42. The molecule has 1 unspecified atom stereocenters. The van der Waals surface area contributed by atoms with Crippen LogP contribution in [0, 0.1) is 0 Å². The topological polar surface area (TPSA) is 98.2 Å². The SMILES string of the molecule is O=C(Nc1cnn(-c2ccc(C(=O)N3CCCCC3CCn3ccnc3)cc2)c1)c1ccoc1. The highest BCUT2D eigenvalue weighted by Gasteiger charge is 2.27. The molecular weight excluding hydrogens is 432 g/mol. The number of nitrogens with zero attached hydrogens (tertiary/aromatic N) is 5. The Labute approximate surface area is 197 Å². The van der Waals surface area contributed by atoms with Crippen molar-refractivity contribution in [1.82, 2.24) is 24.2 Å². The molecule has 1 aliphatic rings. The van der Waals surface area contributed by atoms with Crippen LogP contribution in [0.15, 0.2) is 78.4 Å². The zero-order valence-electron chi connectivity index (χ0n) is 18.7. The van der Waals surface area contributed by atoms with Gasteiger partial charge in [-0.25, -0.2) is 9.67 Å². The van der Waals surface area contributed by atoms with E-state index < -0.39 is 0 Å². The number of rotatable bonds is 7. The van der Waals surface area contributed by atoms with E-state index in [-0.39, 0.29) is 17.9 Å². The monoisotopic (exact) mass is 458 g/mol. The molecule has 1 atom stereocenters. The van der Waals surface area contributed by atoms with Gasteiger partial charge in [-0.1, -0.05) is 0 Å². The lowest BCUT2D eigenvalue weighted by molar-refractivity contribution is 0.0595. The Hall–Kier alpha value is -4.14. The fraction of sp³-hybridized carbons (Fsp3) is 0.280. The molecule has 0 saturated carbocycles. The van der Waals surface area contributed by atoms with Crippen LogP contribution in [-0.2, 0) is 6.54 Å². The molecule has 1 fully saturated rings. The number of nitrogens with one attached hydrogen (secondary N) is 1. The first-order valence-corrected chi connectivity index (χ1v) is 11.4. The van der Waals surface area contributed by atoms with Gasteiger partial charge in [-0.2, -0.15) is 5.10 Å². The Balaban J connectivity index is 1.24. The van der Waals surface area contributed by atoms with Crippen LogP contribution in [-0.4, -0.2) is 48.6 Å². The predicted octanol–water partition coefficient (Wildman–Crippen LogP) is 4.00. The smallest absolute Gasteiger partial charge is 0.259 e. The maximum atomic E-state index is 13.3. The lowest BCUT2D eigenvalue weighted by Gasteiger charge is -2.36. The Morgan fingerprint density at radius 2 is 2.00 bits per heavy atom. The first kappa shape index (κ1) is 21.7. The summed E-state index contributed by atoms with van der Waals surface area (Å²) in [5.74, 6) is -0.200. The Morgan fingerprint density at radius 1 is 1.12 bits per heavy atom. The Morgan fingerprint density at radius 3 is 2.76 bits per heavy atom. The normalized spacial score (nSPS) is 15.9. The molecule has 4 aromatic rings. The Bertz CT molecular complexity index is 1230. The van der Waals surface area contributed by atoms with Crippen molar-refractivity contribution >= 4 is 17.5 Å². The van der Waals surface area contributed by atoms with Gasteiger partial charge >= 0.3 is 0 Å². The number of aromatic nitrogens is 4. The van der Waals surface area contributed by atoms with Gasteiger partial charge in [0.1, 0.15) is 6.26 Å². The van der Waals surface area contributed by atoms with Crippen molar-refractivity contribution < 1.29 is 14.0 Å². The summed E-state index contributed by atoms with van der Waals surface area (Å²) in [5, 5.41) is 7.11. The molecule has 1 aromatic carbocycles. The minimum atomic E-state index is -0.265. The van der Waals surface area contributed by atoms with Gasteiger partial charge < -0.3 is 19.2 Å². The molecule has 174 valence electrons. The van der Waals surface area contributed by atoms with Crippen LogP contribution in [0.25, 0.3) is 5.69 Å². The van der Waals surface area contributed by atoms with Crippen LogP contribution in [0.3, 0.4) is 0 Å². The molecule has 9 nitrogen and oxygen atoms in total. The third-order valence-corrected chi connectivity index (χ3v) is 6.17. The van der Waals surface area contributed by atoms with E-state index in [0.717, 1.165) is 44.5 Å². The number of benzene rings is 1. The van der Waals surface area contributed by atoms with Crippen molar-refractivity contribution in [1.29, 1.82) is 0 Å². The number of anilines is 1. The third-order valence-electron chi connectivity index (χ3n) is 6.17. The summed E-state index contributed by atoms with van der Waals surface area (Å²) in [4.78, 5) is 31.6. The van der Waals surface area contributed by atoms with Crippen LogP contribution in [0.4, 0.5) is 5.69 Å². The van der Waals surface area contributed by atoms with Crippen LogP contribution in [0.2, 0.25) is 0 Å². The van der Waals surface area contributed by atoms with Gasteiger partial charge in [-0.05, 0) is 56.0 Å². The molecule has 2 amide bonds. The predicted molar refractivity (Wildman–Crippen MR) is 126 cm³/mol. The molecule has 4 heterocycles. The van der Waals surface area contributed by atoms with Crippen molar-refractivity contribution in [3.8, 4) is 5.69 Å². The van der Waals surface area contributed by atoms with Gasteiger partial charge in [-0.15, -0.1) is 0 Å². The molecule has 0 spiro atoms. The van der Waals surface area contributed by atoms with Gasteiger partial charge in [0.2, 0.25) is 0 Å². The summed E-state index contributed by atoms with van der Waals surface area (Å²) in [6.45, 7) is 1.64. The first-order valence-electron chi connectivity index (χ1n) is 11.4. The van der Waals surface area contributed by atoms with Crippen LogP contribution in [0.5, 0.6) is 0 Å². The summed E-state index contributed by atoms with van der Waals surface area (Å²) in [6, 6.07) is 9.24. The van der Waals surface area contributed by atoms with E-state index in [2.05, 4.69) is 20.0 Å². The van der Waals surface area contributed by atoms with Crippen LogP contribution < -0.4 is 5.32 Å². The molecule has 34 heavy (non-hydrogen) atoms. The molecule has 3 aromatic heterocycles. The lowest BCUT2D eigenvalue weighted by atomic mass is 9.98. The van der Waals surface area contributed by atoms with Crippen molar-refractivity contribution in [3.63, 3.8) is 0 Å². The van der Waals surface area contributed by atoms with Crippen LogP contribution >= 0.6 is 0 Å². The number of likely N-dealkylation sites (tertiary alicyclic amines) is 1. The summed E-state index contributed by atoms with van der Waals surface area (Å²) in [6.07, 6.45) is 15.8. The van der Waals surface area contributed by atoms with Crippen molar-refractivity contribution in [2.24, 2.45) is 0 Å². The van der Waals surface area contributed by atoms with E-state index in [4.69, 9.17) is 4.42 Å². The number of carbonyl (C=O) groups excluding carboxylic acids is 2. The number of piperidine rings is 1. The largest absolute Gasteiger partial charge is 0.472 e. The number of hydrogen-bond acceptors (Lipinski definition) is 5. The lowest BCUT2D eigenvalue weighted by Crippen LogP contribution is -2.44. The van der Waals surface area contributed by atoms with E-state index in [1.165, 1.54) is 12.5 Å². The summed E-state index contributed by atoms with van der Waals surface area (Å²) < 4.78 is 8.66. The van der Waals surface area contributed by atoms with Crippen molar-refractivity contribution in [3.05, 3.63) is 85.1 Å². The summed E-state index contributed by atoms with van der Waals surface area (Å²) >= 11 is 0. The molecule has 1 aliphatic heterocycles. The number of hydrogen-bond donors (Lipinski definition) is 1. The zero-order valence-corrected chi connectivity index (χ0v) is 18.7. The minimum Gasteiger partial charge on any atom is -0.472 e. The number of carbonyl (C=O) groups is 2. The summed E-state index contributed by atoms with van der Waals surface area (Å²) in [5.41, 5.74) is 2.48. The van der Waals surface area contributed by atoms with Crippen LogP contribution in [0.1, 0.15) is 46.4 Å². The average Bonchev–Trinajstić information content (AvgIpc) is 3.66. The number of aryl methyl sites for hydroxylation is 1. The fourth-order valence-corrected chi connectivity index (χ4v) is 4.33. The molecule has 0 bridgehead atoms. The molecule has 1 N–H and O–H groups in total. The standard InChI is InChI=1S/C25H26N6O3/c32-24(20-9-14-34-17-20)28-21-15-27-31(16-21)23-6-4-19(5-7-23)25(33)30-11-2-1-3-22(30)8-12-29-13-10-26-18-29/h4-7,9-10,13-18,22H,1-3,8,11-12H2,(H,28,32). The minimum absolute atomic E-state index is 0.0652. The highest BCUT2D eigenvalue weighted by Crippen LogP contribution is 2.23. The van der Waals surface area contributed by atoms with Gasteiger partial charge in [0, 0.05) is 37.1 Å². The van der Waals surface area contributed by atoms with Crippen molar-refractivity contribution in [2.45, 2.75) is 38.3 Å². The van der Waals surface area contributed by atoms with Crippen molar-refractivity contribution in [2.75, 3.05) is 11.9 Å². The van der Waals surface area contributed by atoms with Gasteiger partial charge in [-0.3, -0.25) is 9.59 Å². The quantitative estimate of drug-likeness (QED) is 0.451. The highest BCUT2D eigenvalue weighted by molar-refractivity contribution is 6.03. The second-order valence-electron chi connectivity index (χ2n) is 8.42. The molecule has 1 saturated heterocycles. The third kappa shape index (κ3) is 4.78. The zero-order chi connectivity index (χ0) is 23.3. The van der Waals surface area contributed by atoms with Gasteiger partial charge in [0.05, 0.1) is 41.9 Å². The van der Waals surface area contributed by atoms with E-state index in [0.29, 0.717) is 16.8 Å². The molecule has 5 rings (SSSR count). The number of furan rings is 1. The van der Waals surface area contributed by atoms with Gasteiger partial charge in [0.15, 0.2) is 0 Å². The number of imidazole rings is 1. The Kier molecular flexibility index (Phi) is 6.24. The van der Waals surface area contributed by atoms with E-state index in [1.807, 2.05) is 41.7 Å². The van der Waals surface area contributed by atoms with E-state index in [1.54, 1.807) is 29.3 Å². The number of amides is 2. The van der Waals surface area contributed by atoms with E-state index in [9.17, 15) is 9.59 Å².